The van der Waals surface area contributed by atoms with Crippen molar-refractivity contribution in [3.05, 3.63) is 81.0 Å². The lowest BCUT2D eigenvalue weighted by Gasteiger charge is -2.02. The fourth-order valence-electron chi connectivity index (χ4n) is 2.11. The topological polar surface area (TPSA) is 37.5 Å². The minimum absolute atomic E-state index is 0.470. The zero-order valence-electron chi connectivity index (χ0n) is 12.5. The third-order valence-corrected chi connectivity index (χ3v) is 4.39. The van der Waals surface area contributed by atoms with Gasteiger partial charge in [0.2, 0.25) is 0 Å². The Labute approximate surface area is 154 Å². The highest BCUT2D eigenvalue weighted by molar-refractivity contribution is 6.43. The van der Waals surface area contributed by atoms with Crippen molar-refractivity contribution in [3.8, 4) is 11.3 Å². The molecule has 0 aliphatic heterocycles. The van der Waals surface area contributed by atoms with Crippen LogP contribution in [0.25, 0.3) is 11.3 Å². The van der Waals surface area contributed by atoms with Crippen molar-refractivity contribution in [2.75, 3.05) is 0 Å². The molecule has 3 rings (SSSR count). The van der Waals surface area contributed by atoms with Crippen molar-refractivity contribution in [2.45, 2.75) is 6.54 Å². The summed E-state index contributed by atoms with van der Waals surface area (Å²) < 4.78 is 5.72. The summed E-state index contributed by atoms with van der Waals surface area (Å²) in [6, 6.07) is 16.6. The fourth-order valence-corrected chi connectivity index (χ4v) is 2.63. The molecule has 0 saturated carbocycles. The second-order valence-electron chi connectivity index (χ2n) is 5.02. The Balaban J connectivity index is 1.63. The van der Waals surface area contributed by atoms with Crippen LogP contribution in [-0.2, 0) is 6.54 Å². The predicted octanol–water partition coefficient (Wildman–Crippen LogP) is 6.03. The van der Waals surface area contributed by atoms with Crippen LogP contribution in [0.3, 0.4) is 0 Å². The molecule has 1 heterocycles. The Morgan fingerprint density at radius 1 is 0.958 bits per heavy atom. The van der Waals surface area contributed by atoms with E-state index in [0.717, 1.165) is 11.1 Å². The van der Waals surface area contributed by atoms with Crippen LogP contribution in [0.2, 0.25) is 15.1 Å². The predicted molar refractivity (Wildman–Crippen MR) is 100 cm³/mol. The van der Waals surface area contributed by atoms with Crippen molar-refractivity contribution in [2.24, 2.45) is 5.10 Å². The first-order valence-electron chi connectivity index (χ1n) is 7.18. The summed E-state index contributed by atoms with van der Waals surface area (Å²) in [5.74, 6) is 1.26. The highest BCUT2D eigenvalue weighted by atomic mass is 35.5. The molecule has 122 valence electrons. The van der Waals surface area contributed by atoms with Crippen molar-refractivity contribution in [1.29, 1.82) is 0 Å². The van der Waals surface area contributed by atoms with Crippen LogP contribution in [0.4, 0.5) is 0 Å². The molecule has 0 amide bonds. The van der Waals surface area contributed by atoms with E-state index in [2.05, 4.69) is 10.5 Å². The van der Waals surface area contributed by atoms with Gasteiger partial charge in [0.15, 0.2) is 0 Å². The molecule has 0 saturated heterocycles. The first-order valence-corrected chi connectivity index (χ1v) is 8.31. The number of nitrogens with zero attached hydrogens (tertiary/aromatic N) is 1. The van der Waals surface area contributed by atoms with Gasteiger partial charge < -0.3 is 9.84 Å². The van der Waals surface area contributed by atoms with Crippen LogP contribution in [0.5, 0.6) is 0 Å². The number of furan rings is 1. The van der Waals surface area contributed by atoms with Crippen molar-refractivity contribution in [1.82, 2.24) is 5.43 Å². The third kappa shape index (κ3) is 4.12. The first-order chi connectivity index (χ1) is 11.6. The van der Waals surface area contributed by atoms with Gasteiger partial charge in [-0.1, -0.05) is 53.0 Å². The summed E-state index contributed by atoms with van der Waals surface area (Å²) >= 11 is 18.1. The average molecular weight is 380 g/mol. The van der Waals surface area contributed by atoms with Gasteiger partial charge in [-0.2, -0.15) is 5.10 Å². The quantitative estimate of drug-likeness (QED) is 0.434. The molecule has 0 aliphatic rings. The SMILES string of the molecule is Clc1ccc(CN/N=C\c2ccc(-c3cccc(Cl)c3Cl)o2)cc1. The van der Waals surface area contributed by atoms with E-state index >= 15 is 0 Å². The monoisotopic (exact) mass is 378 g/mol. The molecule has 2 aromatic carbocycles. The maximum absolute atomic E-state index is 6.20. The number of benzene rings is 2. The van der Waals surface area contributed by atoms with E-state index in [-0.39, 0.29) is 0 Å². The van der Waals surface area contributed by atoms with Crippen molar-refractivity contribution >= 4 is 41.0 Å². The zero-order valence-corrected chi connectivity index (χ0v) is 14.7. The van der Waals surface area contributed by atoms with Gasteiger partial charge in [-0.05, 0) is 42.0 Å². The molecule has 3 nitrogen and oxygen atoms in total. The summed E-state index contributed by atoms with van der Waals surface area (Å²) in [5.41, 5.74) is 4.79. The molecular weight excluding hydrogens is 367 g/mol. The number of nitrogens with one attached hydrogen (secondary N) is 1. The average Bonchev–Trinajstić information content (AvgIpc) is 3.04. The molecular formula is C18H13Cl3N2O. The zero-order chi connectivity index (χ0) is 16.9. The van der Waals surface area contributed by atoms with E-state index in [0.29, 0.717) is 33.1 Å². The van der Waals surface area contributed by atoms with E-state index in [9.17, 15) is 0 Å². The fraction of sp³-hybridized carbons (Fsp3) is 0.0556. The maximum atomic E-state index is 6.20. The molecule has 0 spiro atoms. The Bertz CT molecular complexity index is 857. The summed E-state index contributed by atoms with van der Waals surface area (Å²) in [4.78, 5) is 0. The van der Waals surface area contributed by atoms with Crippen molar-refractivity contribution < 1.29 is 4.42 Å². The Kier molecular flexibility index (Phi) is 5.46. The molecule has 0 atom stereocenters. The third-order valence-electron chi connectivity index (χ3n) is 3.32. The van der Waals surface area contributed by atoms with Gasteiger partial charge in [-0.15, -0.1) is 0 Å². The Morgan fingerprint density at radius 3 is 2.54 bits per heavy atom. The summed E-state index contributed by atoms with van der Waals surface area (Å²) in [7, 11) is 0. The number of hydrazone groups is 1. The van der Waals surface area contributed by atoms with E-state index in [1.165, 1.54) is 0 Å². The van der Waals surface area contributed by atoms with Crippen LogP contribution in [0.1, 0.15) is 11.3 Å². The molecule has 0 unspecified atom stereocenters. The lowest BCUT2D eigenvalue weighted by Crippen LogP contribution is -2.05. The normalized spacial score (nSPS) is 11.1. The largest absolute Gasteiger partial charge is 0.455 e. The van der Waals surface area contributed by atoms with Gasteiger partial charge in [-0.25, -0.2) is 0 Å². The number of rotatable bonds is 5. The molecule has 0 bridgehead atoms. The molecule has 0 aliphatic carbocycles. The molecule has 1 N–H and O–H groups in total. The van der Waals surface area contributed by atoms with Crippen LogP contribution in [0, 0.1) is 0 Å². The van der Waals surface area contributed by atoms with Gasteiger partial charge >= 0.3 is 0 Å². The van der Waals surface area contributed by atoms with E-state index in [4.69, 9.17) is 39.2 Å². The summed E-state index contributed by atoms with van der Waals surface area (Å²) in [6.45, 7) is 0.599. The number of hydrogen-bond acceptors (Lipinski definition) is 3. The molecule has 6 heteroatoms. The van der Waals surface area contributed by atoms with Crippen LogP contribution >= 0.6 is 34.8 Å². The van der Waals surface area contributed by atoms with Gasteiger partial charge in [0, 0.05) is 10.6 Å². The highest BCUT2D eigenvalue weighted by Gasteiger charge is 2.10. The lowest BCUT2D eigenvalue weighted by atomic mass is 10.2. The Hall–Kier alpha value is -1.94. The van der Waals surface area contributed by atoms with E-state index in [1.807, 2.05) is 48.5 Å². The maximum Gasteiger partial charge on any atom is 0.147 e. The van der Waals surface area contributed by atoms with E-state index in [1.54, 1.807) is 12.3 Å². The van der Waals surface area contributed by atoms with Gasteiger partial charge in [-0.3, -0.25) is 0 Å². The smallest absolute Gasteiger partial charge is 0.147 e. The highest BCUT2D eigenvalue weighted by Crippen LogP contribution is 2.34. The standard InChI is InChI=1S/C18H13Cl3N2O/c19-13-6-4-12(5-7-13)10-22-23-11-14-8-9-17(24-14)15-2-1-3-16(20)18(15)21/h1-9,11,22H,10H2/b23-11-. The number of halogens is 3. The van der Waals surface area contributed by atoms with Gasteiger partial charge in [0.1, 0.15) is 11.5 Å². The van der Waals surface area contributed by atoms with Crippen LogP contribution in [0.15, 0.2) is 64.1 Å². The first kappa shape index (κ1) is 16.9. The molecule has 0 fully saturated rings. The lowest BCUT2D eigenvalue weighted by molar-refractivity contribution is 0.573. The molecule has 1 aromatic heterocycles. The summed E-state index contributed by atoms with van der Waals surface area (Å²) in [6.07, 6.45) is 1.61. The molecule has 0 radical (unpaired) electrons. The molecule has 3 aromatic rings. The minimum Gasteiger partial charge on any atom is -0.455 e. The number of hydrogen-bond donors (Lipinski definition) is 1. The second kappa shape index (κ2) is 7.75. The second-order valence-corrected chi connectivity index (χ2v) is 6.24. The van der Waals surface area contributed by atoms with Gasteiger partial charge in [0.05, 0.1) is 22.8 Å². The summed E-state index contributed by atoms with van der Waals surface area (Å²) in [5, 5.41) is 5.82. The van der Waals surface area contributed by atoms with Crippen LogP contribution < -0.4 is 5.43 Å². The molecule has 24 heavy (non-hydrogen) atoms. The van der Waals surface area contributed by atoms with Crippen LogP contribution in [-0.4, -0.2) is 6.21 Å². The Morgan fingerprint density at radius 2 is 1.75 bits per heavy atom. The van der Waals surface area contributed by atoms with Gasteiger partial charge in [0.25, 0.3) is 0 Å². The minimum atomic E-state index is 0.470. The van der Waals surface area contributed by atoms with E-state index < -0.39 is 0 Å². The van der Waals surface area contributed by atoms with Crippen molar-refractivity contribution in [3.63, 3.8) is 0 Å².